The average Bonchev–Trinajstić information content (AvgIpc) is 2.69. The molecule has 2 rings (SSSR count). The average molecular weight is 332 g/mol. The molecule has 5 heteroatoms. The SMILES string of the molecule is NC(c1ccco1)c1ncc(Br)cc1Br. The van der Waals surface area contributed by atoms with Crippen LogP contribution < -0.4 is 5.73 Å². The summed E-state index contributed by atoms with van der Waals surface area (Å²) >= 11 is 6.76. The lowest BCUT2D eigenvalue weighted by molar-refractivity contribution is 0.486. The first-order valence-corrected chi connectivity index (χ1v) is 5.87. The van der Waals surface area contributed by atoms with Gasteiger partial charge in [-0.25, -0.2) is 0 Å². The molecule has 0 bridgehead atoms. The Morgan fingerprint density at radius 1 is 1.40 bits per heavy atom. The summed E-state index contributed by atoms with van der Waals surface area (Å²) < 4.78 is 7.01. The van der Waals surface area contributed by atoms with Gasteiger partial charge in [0.15, 0.2) is 0 Å². The molecule has 15 heavy (non-hydrogen) atoms. The van der Waals surface area contributed by atoms with Crippen LogP contribution in [0.4, 0.5) is 0 Å². The van der Waals surface area contributed by atoms with Crippen LogP contribution in [0, 0.1) is 0 Å². The van der Waals surface area contributed by atoms with Crippen LogP contribution in [0.15, 0.2) is 44.0 Å². The van der Waals surface area contributed by atoms with Crippen molar-refractivity contribution in [2.24, 2.45) is 5.73 Å². The fourth-order valence-corrected chi connectivity index (χ4v) is 2.49. The summed E-state index contributed by atoms with van der Waals surface area (Å²) in [5.74, 6) is 0.700. The second kappa shape index (κ2) is 4.47. The second-order valence-electron chi connectivity index (χ2n) is 3.01. The molecule has 0 radical (unpaired) electrons. The summed E-state index contributed by atoms with van der Waals surface area (Å²) in [7, 11) is 0. The molecule has 0 spiro atoms. The van der Waals surface area contributed by atoms with Crippen LogP contribution in [0.25, 0.3) is 0 Å². The van der Waals surface area contributed by atoms with E-state index in [1.54, 1.807) is 12.5 Å². The normalized spacial score (nSPS) is 12.7. The molecule has 2 aromatic rings. The summed E-state index contributed by atoms with van der Waals surface area (Å²) in [5.41, 5.74) is 6.77. The molecule has 2 aromatic heterocycles. The minimum atomic E-state index is -0.345. The number of halogens is 2. The quantitative estimate of drug-likeness (QED) is 0.919. The van der Waals surface area contributed by atoms with Gasteiger partial charge in [0.05, 0.1) is 12.0 Å². The number of hydrogen-bond donors (Lipinski definition) is 1. The number of rotatable bonds is 2. The molecule has 78 valence electrons. The molecule has 0 fully saturated rings. The van der Waals surface area contributed by atoms with E-state index in [0.29, 0.717) is 5.76 Å². The molecule has 0 aromatic carbocycles. The maximum absolute atomic E-state index is 6.01. The van der Waals surface area contributed by atoms with E-state index in [-0.39, 0.29) is 6.04 Å². The molecule has 0 aliphatic carbocycles. The third-order valence-electron chi connectivity index (χ3n) is 1.98. The second-order valence-corrected chi connectivity index (χ2v) is 4.78. The van der Waals surface area contributed by atoms with E-state index < -0.39 is 0 Å². The number of furan rings is 1. The molecule has 0 saturated carbocycles. The molecule has 3 nitrogen and oxygen atoms in total. The number of hydrogen-bond acceptors (Lipinski definition) is 3. The zero-order valence-corrected chi connectivity index (χ0v) is 10.8. The molecular formula is C10H8Br2N2O. The molecular weight excluding hydrogens is 324 g/mol. The summed E-state index contributed by atoms with van der Waals surface area (Å²) in [6.45, 7) is 0. The first-order valence-electron chi connectivity index (χ1n) is 4.28. The summed E-state index contributed by atoms with van der Waals surface area (Å²) in [6, 6.07) is 5.20. The fourth-order valence-electron chi connectivity index (χ4n) is 1.26. The Morgan fingerprint density at radius 3 is 2.80 bits per heavy atom. The summed E-state index contributed by atoms with van der Waals surface area (Å²) in [6.07, 6.45) is 3.31. The third kappa shape index (κ3) is 2.30. The van der Waals surface area contributed by atoms with Gasteiger partial charge in [-0.05, 0) is 50.1 Å². The lowest BCUT2D eigenvalue weighted by Crippen LogP contribution is -2.13. The van der Waals surface area contributed by atoms with Crippen molar-refractivity contribution >= 4 is 31.9 Å². The molecule has 0 saturated heterocycles. The van der Waals surface area contributed by atoms with E-state index in [1.165, 1.54) is 0 Å². The number of pyridine rings is 1. The van der Waals surface area contributed by atoms with Gasteiger partial charge >= 0.3 is 0 Å². The van der Waals surface area contributed by atoms with Crippen molar-refractivity contribution in [2.75, 3.05) is 0 Å². The van der Waals surface area contributed by atoms with Crippen LogP contribution in [0.3, 0.4) is 0 Å². The van der Waals surface area contributed by atoms with Gasteiger partial charge in [0.2, 0.25) is 0 Å². The van der Waals surface area contributed by atoms with Crippen LogP contribution in [0.1, 0.15) is 17.5 Å². The topological polar surface area (TPSA) is 52.0 Å². The van der Waals surface area contributed by atoms with E-state index in [9.17, 15) is 0 Å². The monoisotopic (exact) mass is 330 g/mol. The lowest BCUT2D eigenvalue weighted by Gasteiger charge is -2.10. The van der Waals surface area contributed by atoms with Gasteiger partial charge in [0, 0.05) is 15.1 Å². The zero-order valence-electron chi connectivity index (χ0n) is 7.65. The van der Waals surface area contributed by atoms with Gasteiger partial charge in [0.25, 0.3) is 0 Å². The Morgan fingerprint density at radius 2 is 2.20 bits per heavy atom. The molecule has 0 aliphatic heterocycles. The lowest BCUT2D eigenvalue weighted by atomic mass is 10.1. The Hall–Kier alpha value is -0.650. The molecule has 1 atom stereocenters. The van der Waals surface area contributed by atoms with Gasteiger partial charge in [-0.1, -0.05) is 0 Å². The minimum Gasteiger partial charge on any atom is -0.467 e. The van der Waals surface area contributed by atoms with Crippen molar-refractivity contribution in [1.82, 2.24) is 4.98 Å². The predicted molar refractivity (Wildman–Crippen MR) is 64.4 cm³/mol. The molecule has 0 aliphatic rings. The van der Waals surface area contributed by atoms with Crippen LogP contribution in [-0.4, -0.2) is 4.98 Å². The minimum absolute atomic E-state index is 0.345. The van der Waals surface area contributed by atoms with Crippen LogP contribution >= 0.6 is 31.9 Å². The Labute approximate surface area is 104 Å². The molecule has 0 amide bonds. The maximum atomic E-state index is 6.01. The van der Waals surface area contributed by atoms with Gasteiger partial charge < -0.3 is 10.2 Å². The van der Waals surface area contributed by atoms with E-state index >= 15 is 0 Å². The predicted octanol–water partition coefficient (Wildman–Crippen LogP) is 3.25. The van der Waals surface area contributed by atoms with Gasteiger partial charge in [0.1, 0.15) is 11.8 Å². The first kappa shape index (κ1) is 10.9. The van der Waals surface area contributed by atoms with Gasteiger partial charge in [-0.2, -0.15) is 0 Å². The van der Waals surface area contributed by atoms with Gasteiger partial charge in [-0.3, -0.25) is 4.98 Å². The summed E-state index contributed by atoms with van der Waals surface area (Å²) in [5, 5.41) is 0. The summed E-state index contributed by atoms with van der Waals surface area (Å²) in [4.78, 5) is 4.25. The standard InChI is InChI=1S/C10H8Br2N2O/c11-6-4-7(12)10(14-5-6)9(13)8-2-1-3-15-8/h1-5,9H,13H2. The highest BCUT2D eigenvalue weighted by Crippen LogP contribution is 2.27. The third-order valence-corrected chi connectivity index (χ3v) is 3.05. The van der Waals surface area contributed by atoms with E-state index in [1.807, 2.05) is 18.2 Å². The highest BCUT2D eigenvalue weighted by molar-refractivity contribution is 9.11. The van der Waals surface area contributed by atoms with Crippen molar-refractivity contribution in [3.05, 3.63) is 51.1 Å². The van der Waals surface area contributed by atoms with Crippen LogP contribution in [0.2, 0.25) is 0 Å². The van der Waals surface area contributed by atoms with Crippen molar-refractivity contribution in [1.29, 1.82) is 0 Å². The first-order chi connectivity index (χ1) is 7.18. The van der Waals surface area contributed by atoms with Crippen LogP contribution in [0.5, 0.6) is 0 Å². The van der Waals surface area contributed by atoms with Crippen molar-refractivity contribution in [3.8, 4) is 0 Å². The zero-order chi connectivity index (χ0) is 10.8. The number of nitrogens with zero attached hydrogens (tertiary/aromatic N) is 1. The van der Waals surface area contributed by atoms with E-state index in [4.69, 9.17) is 10.2 Å². The smallest absolute Gasteiger partial charge is 0.126 e. The highest BCUT2D eigenvalue weighted by atomic mass is 79.9. The highest BCUT2D eigenvalue weighted by Gasteiger charge is 2.16. The Bertz CT molecular complexity index is 456. The Balaban J connectivity index is 2.38. The molecule has 2 N–H and O–H groups in total. The van der Waals surface area contributed by atoms with Crippen molar-refractivity contribution < 1.29 is 4.42 Å². The largest absolute Gasteiger partial charge is 0.467 e. The number of nitrogens with two attached hydrogens (primary N) is 1. The molecule has 2 heterocycles. The van der Waals surface area contributed by atoms with Gasteiger partial charge in [-0.15, -0.1) is 0 Å². The van der Waals surface area contributed by atoms with Crippen LogP contribution in [-0.2, 0) is 0 Å². The van der Waals surface area contributed by atoms with E-state index in [0.717, 1.165) is 14.6 Å². The van der Waals surface area contributed by atoms with E-state index in [2.05, 4.69) is 36.8 Å². The van der Waals surface area contributed by atoms with Crippen molar-refractivity contribution in [3.63, 3.8) is 0 Å². The molecule has 1 unspecified atom stereocenters. The maximum Gasteiger partial charge on any atom is 0.126 e. The fraction of sp³-hybridized carbons (Fsp3) is 0.100. The Kier molecular flexibility index (Phi) is 3.23. The number of aromatic nitrogens is 1. The van der Waals surface area contributed by atoms with Crippen molar-refractivity contribution in [2.45, 2.75) is 6.04 Å².